The van der Waals surface area contributed by atoms with Crippen LogP contribution < -0.4 is 0 Å². The van der Waals surface area contributed by atoms with Gasteiger partial charge in [-0.2, -0.15) is 26.3 Å². The fraction of sp³-hybridized carbons (Fsp3) is 0.933. The number of esters is 1. The van der Waals surface area contributed by atoms with Gasteiger partial charge in [-0.1, -0.05) is 20.8 Å². The summed E-state index contributed by atoms with van der Waals surface area (Å²) in [4.78, 5) is 11.9. The lowest BCUT2D eigenvalue weighted by Gasteiger charge is -2.36. The highest BCUT2D eigenvalue weighted by Gasteiger charge is 2.61. The Kier molecular flexibility index (Phi) is 7.35. The quantitative estimate of drug-likeness (QED) is 0.517. The normalized spacial score (nSPS) is 20.6. The second kappa shape index (κ2) is 7.67. The molecule has 25 heavy (non-hydrogen) atoms. The molecule has 0 aliphatic rings. The third-order valence-corrected chi connectivity index (χ3v) is 4.18. The van der Waals surface area contributed by atoms with Crippen molar-refractivity contribution in [3.8, 4) is 0 Å². The zero-order valence-electron chi connectivity index (χ0n) is 14.6. The van der Waals surface area contributed by atoms with E-state index in [4.69, 9.17) is 0 Å². The monoisotopic (exact) mass is 384 g/mol. The number of halogens is 7. The number of aliphatic hydroxyl groups is 1. The minimum atomic E-state index is -5.40. The summed E-state index contributed by atoms with van der Waals surface area (Å²) in [6.07, 6.45) is -17.0. The highest BCUT2D eigenvalue weighted by atomic mass is 19.4. The molecule has 4 unspecified atom stereocenters. The number of ether oxygens (including phenoxy) is 1. The zero-order valence-corrected chi connectivity index (χ0v) is 14.6. The Balaban J connectivity index is 5.69. The zero-order chi connectivity index (χ0) is 20.4. The van der Waals surface area contributed by atoms with Crippen LogP contribution in [0.4, 0.5) is 30.7 Å². The van der Waals surface area contributed by atoms with Crippen LogP contribution in [0.3, 0.4) is 0 Å². The Bertz CT molecular complexity index is 457. The van der Waals surface area contributed by atoms with Crippen LogP contribution in [0.15, 0.2) is 0 Å². The van der Waals surface area contributed by atoms with E-state index in [1.807, 2.05) is 0 Å². The van der Waals surface area contributed by atoms with Gasteiger partial charge in [0.15, 0.2) is 17.2 Å². The van der Waals surface area contributed by atoms with E-state index in [9.17, 15) is 40.6 Å². The van der Waals surface area contributed by atoms with Gasteiger partial charge < -0.3 is 9.84 Å². The lowest BCUT2D eigenvalue weighted by molar-refractivity contribution is -0.286. The van der Waals surface area contributed by atoms with Crippen molar-refractivity contribution < 1.29 is 45.4 Å². The molecular formula is C15H23F7O3. The van der Waals surface area contributed by atoms with Crippen LogP contribution in [-0.4, -0.2) is 41.3 Å². The third-order valence-electron chi connectivity index (χ3n) is 4.18. The van der Waals surface area contributed by atoms with Gasteiger partial charge in [-0.15, -0.1) is 0 Å². The van der Waals surface area contributed by atoms with E-state index >= 15 is 0 Å². The van der Waals surface area contributed by atoms with E-state index in [1.165, 1.54) is 13.8 Å². The van der Waals surface area contributed by atoms with Crippen molar-refractivity contribution >= 4 is 5.97 Å². The molecule has 0 saturated carbocycles. The number of carbonyl (C=O) groups is 1. The van der Waals surface area contributed by atoms with Gasteiger partial charge in [0.1, 0.15) is 6.10 Å². The van der Waals surface area contributed by atoms with Crippen molar-refractivity contribution in [3.05, 3.63) is 0 Å². The smallest absolute Gasteiger partial charge is 0.419 e. The van der Waals surface area contributed by atoms with Crippen LogP contribution in [0.5, 0.6) is 0 Å². The van der Waals surface area contributed by atoms with Crippen LogP contribution in [0.2, 0.25) is 0 Å². The first kappa shape index (κ1) is 23.9. The molecule has 0 radical (unpaired) electrons. The summed E-state index contributed by atoms with van der Waals surface area (Å²) in [5.74, 6) is -2.38. The SMILES string of the molecule is CCC(C)(C(=O)OC(CC(C)C)C(F)C(C)(O)C(F)(F)F)C(F)(F)F. The first-order valence-corrected chi connectivity index (χ1v) is 7.62. The van der Waals surface area contributed by atoms with Gasteiger partial charge in [-0.05, 0) is 32.6 Å². The second-order valence-corrected chi connectivity index (χ2v) is 6.80. The van der Waals surface area contributed by atoms with Crippen molar-refractivity contribution in [2.24, 2.45) is 11.3 Å². The molecule has 0 rings (SSSR count). The fourth-order valence-corrected chi connectivity index (χ4v) is 1.94. The molecule has 0 aromatic carbocycles. The van der Waals surface area contributed by atoms with Gasteiger partial charge in [-0.25, -0.2) is 4.39 Å². The molecule has 4 atom stereocenters. The van der Waals surface area contributed by atoms with Gasteiger partial charge in [0.2, 0.25) is 0 Å². The average molecular weight is 384 g/mol. The first-order valence-electron chi connectivity index (χ1n) is 7.62. The maximum atomic E-state index is 14.3. The molecule has 3 nitrogen and oxygen atoms in total. The molecule has 10 heteroatoms. The molecule has 0 aliphatic heterocycles. The topological polar surface area (TPSA) is 46.5 Å². The molecule has 0 aromatic rings. The molecule has 150 valence electrons. The lowest BCUT2D eigenvalue weighted by atomic mass is 9.86. The molecular weight excluding hydrogens is 361 g/mol. The standard InChI is InChI=1S/C15H23F7O3/c1-6-12(4,14(17,18)19)11(23)25-9(7-8(2)3)10(16)13(5,24)15(20,21)22/h8-10,24H,6-7H2,1-5H3. The average Bonchev–Trinajstić information content (AvgIpc) is 2.41. The van der Waals surface area contributed by atoms with Crippen LogP contribution >= 0.6 is 0 Å². The summed E-state index contributed by atoms with van der Waals surface area (Å²) >= 11 is 0. The van der Waals surface area contributed by atoms with Crippen LogP contribution in [0.1, 0.15) is 47.5 Å². The summed E-state index contributed by atoms with van der Waals surface area (Å²) in [5.41, 5.74) is -6.88. The van der Waals surface area contributed by atoms with E-state index in [0.717, 1.165) is 6.92 Å². The van der Waals surface area contributed by atoms with E-state index in [1.54, 1.807) is 0 Å². The van der Waals surface area contributed by atoms with Crippen LogP contribution in [0, 0.1) is 11.3 Å². The van der Waals surface area contributed by atoms with Crippen molar-refractivity contribution in [1.29, 1.82) is 0 Å². The fourth-order valence-electron chi connectivity index (χ4n) is 1.94. The summed E-state index contributed by atoms with van der Waals surface area (Å²) in [6, 6.07) is 0. The number of hydrogen-bond donors (Lipinski definition) is 1. The van der Waals surface area contributed by atoms with Gasteiger partial charge in [-0.3, -0.25) is 4.79 Å². The molecule has 0 spiro atoms. The number of alkyl halides is 7. The van der Waals surface area contributed by atoms with Gasteiger partial charge in [0.05, 0.1) is 0 Å². The van der Waals surface area contributed by atoms with Gasteiger partial charge in [0, 0.05) is 0 Å². The van der Waals surface area contributed by atoms with Crippen molar-refractivity contribution in [3.63, 3.8) is 0 Å². The van der Waals surface area contributed by atoms with E-state index < -0.39 is 60.4 Å². The second-order valence-electron chi connectivity index (χ2n) is 6.80. The molecule has 1 N–H and O–H groups in total. The van der Waals surface area contributed by atoms with E-state index in [2.05, 4.69) is 4.74 Å². The summed E-state index contributed by atoms with van der Waals surface area (Å²) in [6.45, 7) is 4.63. The van der Waals surface area contributed by atoms with Crippen molar-refractivity contribution in [2.45, 2.75) is 77.7 Å². The molecule has 0 aliphatic carbocycles. The summed E-state index contributed by atoms with van der Waals surface area (Å²) in [7, 11) is 0. The Morgan fingerprint density at radius 1 is 1.04 bits per heavy atom. The number of rotatable bonds is 7. The summed E-state index contributed by atoms with van der Waals surface area (Å²) < 4.78 is 96.4. The Labute approximate surface area is 141 Å². The Morgan fingerprint density at radius 2 is 1.48 bits per heavy atom. The predicted molar refractivity (Wildman–Crippen MR) is 75.4 cm³/mol. The minimum absolute atomic E-state index is 0.140. The van der Waals surface area contributed by atoms with E-state index in [0.29, 0.717) is 6.92 Å². The van der Waals surface area contributed by atoms with E-state index in [-0.39, 0.29) is 6.92 Å². The minimum Gasteiger partial charge on any atom is -0.458 e. The third kappa shape index (κ3) is 5.21. The molecule has 0 bridgehead atoms. The molecule has 0 saturated heterocycles. The maximum Gasteiger partial charge on any atom is 0.419 e. The molecule has 0 heterocycles. The predicted octanol–water partition coefficient (Wildman–Crippen LogP) is 4.57. The molecule has 0 fully saturated rings. The Hall–Kier alpha value is -1.06. The number of carbonyl (C=O) groups excluding carboxylic acids is 1. The summed E-state index contributed by atoms with van der Waals surface area (Å²) in [5, 5.41) is 9.42. The van der Waals surface area contributed by atoms with Gasteiger partial charge in [0.25, 0.3) is 0 Å². The van der Waals surface area contributed by atoms with Crippen LogP contribution in [0.25, 0.3) is 0 Å². The lowest BCUT2D eigenvalue weighted by Crippen LogP contribution is -2.56. The first-order chi connectivity index (χ1) is 10.9. The van der Waals surface area contributed by atoms with Crippen molar-refractivity contribution in [1.82, 2.24) is 0 Å². The van der Waals surface area contributed by atoms with Crippen LogP contribution in [-0.2, 0) is 9.53 Å². The number of hydrogen-bond acceptors (Lipinski definition) is 3. The highest BCUT2D eigenvalue weighted by molar-refractivity contribution is 5.77. The highest BCUT2D eigenvalue weighted by Crippen LogP contribution is 2.43. The largest absolute Gasteiger partial charge is 0.458 e. The molecule has 0 aromatic heterocycles. The molecule has 0 amide bonds. The van der Waals surface area contributed by atoms with Crippen molar-refractivity contribution in [2.75, 3.05) is 0 Å². The Morgan fingerprint density at radius 3 is 1.76 bits per heavy atom. The van der Waals surface area contributed by atoms with Gasteiger partial charge >= 0.3 is 18.3 Å². The maximum absolute atomic E-state index is 14.3.